The van der Waals surface area contributed by atoms with Gasteiger partial charge in [0.2, 0.25) is 5.91 Å². The van der Waals surface area contributed by atoms with Gasteiger partial charge in [0.1, 0.15) is 4.83 Å². The highest BCUT2D eigenvalue weighted by Crippen LogP contribution is 2.35. The van der Waals surface area contributed by atoms with Gasteiger partial charge >= 0.3 is 0 Å². The Hall–Kier alpha value is -2.42. The summed E-state index contributed by atoms with van der Waals surface area (Å²) in [6.45, 7) is 4.02. The number of aromatic nitrogens is 2. The highest BCUT2D eigenvalue weighted by molar-refractivity contribution is 9.10. The van der Waals surface area contributed by atoms with Crippen molar-refractivity contribution in [2.24, 2.45) is 0 Å². The van der Waals surface area contributed by atoms with Gasteiger partial charge in [-0.15, -0.1) is 11.3 Å². The van der Waals surface area contributed by atoms with Crippen LogP contribution in [0.4, 0.5) is 5.69 Å². The van der Waals surface area contributed by atoms with Crippen molar-refractivity contribution >= 4 is 60.8 Å². The zero-order valence-electron chi connectivity index (χ0n) is 19.0. The van der Waals surface area contributed by atoms with Gasteiger partial charge in [0, 0.05) is 15.0 Å². The fourth-order valence-electron chi connectivity index (χ4n) is 4.48. The lowest BCUT2D eigenvalue weighted by molar-refractivity contribution is -0.113. The molecule has 34 heavy (non-hydrogen) atoms. The molecule has 1 aliphatic carbocycles. The van der Waals surface area contributed by atoms with Crippen molar-refractivity contribution in [1.29, 1.82) is 0 Å². The van der Waals surface area contributed by atoms with Gasteiger partial charge in [-0.3, -0.25) is 14.2 Å². The molecule has 0 radical (unpaired) electrons. The molecule has 0 atom stereocenters. The van der Waals surface area contributed by atoms with Crippen LogP contribution in [0.2, 0.25) is 0 Å². The predicted octanol–water partition coefficient (Wildman–Crippen LogP) is 6.44. The predicted molar refractivity (Wildman–Crippen MR) is 145 cm³/mol. The number of hydrogen-bond donors (Lipinski definition) is 1. The normalized spacial score (nSPS) is 13.1. The molecule has 1 amide bonds. The standard InChI is InChI=1S/C26H24BrN3O2S2/c1-15-11-16(2)13-18(12-15)28-22(31)14-33-26-29-24-23(20-5-3-4-6-21(20)34-24)25(32)30(26)19-9-7-17(27)8-10-19/h7-13H,3-6,14H2,1-2H3,(H,28,31). The van der Waals surface area contributed by atoms with E-state index in [1.807, 2.05) is 50.2 Å². The number of nitrogens with zero attached hydrogens (tertiary/aromatic N) is 2. The molecule has 5 rings (SSSR count). The Labute approximate surface area is 214 Å². The minimum atomic E-state index is -0.128. The van der Waals surface area contributed by atoms with Crippen LogP contribution in [0.5, 0.6) is 0 Å². The average Bonchev–Trinajstić information content (AvgIpc) is 3.16. The molecule has 8 heteroatoms. The molecule has 2 heterocycles. The number of halogens is 1. The van der Waals surface area contributed by atoms with Gasteiger partial charge in [0.05, 0.1) is 16.8 Å². The van der Waals surface area contributed by atoms with Gasteiger partial charge in [-0.25, -0.2) is 4.98 Å². The number of carbonyl (C=O) groups excluding carboxylic acids is 1. The van der Waals surface area contributed by atoms with Gasteiger partial charge in [0.15, 0.2) is 5.16 Å². The van der Waals surface area contributed by atoms with E-state index in [0.717, 1.165) is 62.9 Å². The number of amides is 1. The maximum absolute atomic E-state index is 13.8. The Morgan fingerprint density at radius 1 is 1.12 bits per heavy atom. The van der Waals surface area contributed by atoms with E-state index in [1.54, 1.807) is 15.9 Å². The van der Waals surface area contributed by atoms with Crippen molar-refractivity contribution < 1.29 is 4.79 Å². The summed E-state index contributed by atoms with van der Waals surface area (Å²) in [6, 6.07) is 13.6. The second-order valence-corrected chi connectivity index (χ2v) is 11.6. The first-order valence-corrected chi connectivity index (χ1v) is 13.8. The summed E-state index contributed by atoms with van der Waals surface area (Å²) in [7, 11) is 0. The summed E-state index contributed by atoms with van der Waals surface area (Å²) < 4.78 is 2.60. The molecule has 1 N–H and O–H groups in total. The molecule has 0 aliphatic heterocycles. The number of benzene rings is 2. The zero-order valence-corrected chi connectivity index (χ0v) is 22.2. The topological polar surface area (TPSA) is 64.0 Å². The lowest BCUT2D eigenvalue weighted by atomic mass is 9.97. The molecule has 0 spiro atoms. The molecular formula is C26H24BrN3O2S2. The van der Waals surface area contributed by atoms with Crippen LogP contribution in [-0.4, -0.2) is 21.2 Å². The third-order valence-corrected chi connectivity index (χ3v) is 8.53. The maximum Gasteiger partial charge on any atom is 0.267 e. The maximum atomic E-state index is 13.8. The summed E-state index contributed by atoms with van der Waals surface area (Å²) in [5.74, 6) is 0.0317. The third-order valence-electron chi connectivity index (χ3n) is 5.88. The molecule has 0 saturated carbocycles. The van der Waals surface area contributed by atoms with Crippen LogP contribution >= 0.6 is 39.0 Å². The smallest absolute Gasteiger partial charge is 0.267 e. The Morgan fingerprint density at radius 2 is 1.82 bits per heavy atom. The molecule has 174 valence electrons. The number of hydrogen-bond acceptors (Lipinski definition) is 5. The van der Waals surface area contributed by atoms with E-state index < -0.39 is 0 Å². The van der Waals surface area contributed by atoms with E-state index in [2.05, 4.69) is 27.3 Å². The van der Waals surface area contributed by atoms with Gasteiger partial charge in [-0.1, -0.05) is 33.8 Å². The monoisotopic (exact) mass is 553 g/mol. The second kappa shape index (κ2) is 9.68. The minimum Gasteiger partial charge on any atom is -0.325 e. The first kappa shape index (κ1) is 23.3. The molecule has 4 aromatic rings. The molecule has 1 aliphatic rings. The van der Waals surface area contributed by atoms with E-state index in [1.165, 1.54) is 22.2 Å². The largest absolute Gasteiger partial charge is 0.325 e. The van der Waals surface area contributed by atoms with Gasteiger partial charge in [0.25, 0.3) is 5.56 Å². The molecule has 2 aromatic heterocycles. The van der Waals surface area contributed by atoms with Crippen molar-refractivity contribution in [1.82, 2.24) is 9.55 Å². The summed E-state index contributed by atoms with van der Waals surface area (Å²) in [6.07, 6.45) is 4.19. The number of thioether (sulfide) groups is 1. The second-order valence-electron chi connectivity index (χ2n) is 8.62. The lowest BCUT2D eigenvalue weighted by Gasteiger charge is -2.14. The van der Waals surface area contributed by atoms with Crippen molar-refractivity contribution in [3.05, 3.63) is 78.9 Å². The van der Waals surface area contributed by atoms with Gasteiger partial charge < -0.3 is 5.32 Å². The molecule has 5 nitrogen and oxygen atoms in total. The summed E-state index contributed by atoms with van der Waals surface area (Å²) in [4.78, 5) is 33.5. The van der Waals surface area contributed by atoms with Crippen LogP contribution in [-0.2, 0) is 17.6 Å². The number of carbonyl (C=O) groups is 1. The van der Waals surface area contributed by atoms with E-state index in [9.17, 15) is 9.59 Å². The zero-order chi connectivity index (χ0) is 23.8. The summed E-state index contributed by atoms with van der Waals surface area (Å²) >= 11 is 6.39. The first-order valence-electron chi connectivity index (χ1n) is 11.2. The van der Waals surface area contributed by atoms with E-state index >= 15 is 0 Å². The highest BCUT2D eigenvalue weighted by Gasteiger charge is 2.23. The van der Waals surface area contributed by atoms with Crippen LogP contribution in [0.1, 0.15) is 34.4 Å². The quantitative estimate of drug-likeness (QED) is 0.228. The number of nitrogens with one attached hydrogen (secondary N) is 1. The van der Waals surface area contributed by atoms with E-state index in [4.69, 9.17) is 4.98 Å². The van der Waals surface area contributed by atoms with Crippen molar-refractivity contribution in [3.8, 4) is 5.69 Å². The van der Waals surface area contributed by atoms with Crippen molar-refractivity contribution in [3.63, 3.8) is 0 Å². The minimum absolute atomic E-state index is 0.0519. The Morgan fingerprint density at radius 3 is 2.56 bits per heavy atom. The highest BCUT2D eigenvalue weighted by atomic mass is 79.9. The molecular weight excluding hydrogens is 530 g/mol. The Bertz CT molecular complexity index is 1440. The number of aryl methyl sites for hydroxylation is 4. The Kier molecular flexibility index (Phi) is 6.64. The van der Waals surface area contributed by atoms with Gasteiger partial charge in [-0.2, -0.15) is 0 Å². The van der Waals surface area contributed by atoms with Crippen LogP contribution in [0, 0.1) is 13.8 Å². The fourth-order valence-corrected chi connectivity index (χ4v) is 6.85. The van der Waals surface area contributed by atoms with Crippen LogP contribution in [0.3, 0.4) is 0 Å². The summed E-state index contributed by atoms with van der Waals surface area (Å²) in [5, 5.41) is 4.25. The Balaban J connectivity index is 1.51. The number of thiophene rings is 1. The molecule has 0 unspecified atom stereocenters. The van der Waals surface area contributed by atoms with Crippen LogP contribution < -0.4 is 10.9 Å². The third kappa shape index (κ3) is 4.72. The number of anilines is 1. The van der Waals surface area contributed by atoms with E-state index in [-0.39, 0.29) is 17.2 Å². The average molecular weight is 555 g/mol. The van der Waals surface area contributed by atoms with Crippen molar-refractivity contribution in [2.45, 2.75) is 44.7 Å². The van der Waals surface area contributed by atoms with E-state index in [0.29, 0.717) is 5.16 Å². The summed E-state index contributed by atoms with van der Waals surface area (Å²) in [5.41, 5.74) is 4.84. The first-order chi connectivity index (χ1) is 16.4. The fraction of sp³-hybridized carbons (Fsp3) is 0.269. The van der Waals surface area contributed by atoms with Crippen LogP contribution in [0.25, 0.3) is 15.9 Å². The number of rotatable bonds is 5. The molecule has 0 bridgehead atoms. The number of fused-ring (bicyclic) bond motifs is 3. The van der Waals surface area contributed by atoms with Gasteiger partial charge in [-0.05, 0) is 92.6 Å². The molecule has 2 aromatic carbocycles. The molecule has 0 fully saturated rings. The molecule has 0 saturated heterocycles. The lowest BCUT2D eigenvalue weighted by Crippen LogP contribution is -2.23. The SMILES string of the molecule is Cc1cc(C)cc(NC(=O)CSc2nc3sc4c(c3c(=O)n2-c2ccc(Br)cc2)CCCC4)c1. The van der Waals surface area contributed by atoms with Crippen LogP contribution in [0.15, 0.2) is 56.9 Å². The van der Waals surface area contributed by atoms with Crippen molar-refractivity contribution in [2.75, 3.05) is 11.1 Å².